The Kier molecular flexibility index (Phi) is 4.98. The summed E-state index contributed by atoms with van der Waals surface area (Å²) in [6.07, 6.45) is 0.391. The van der Waals surface area contributed by atoms with E-state index in [2.05, 4.69) is 5.32 Å². The van der Waals surface area contributed by atoms with Crippen LogP contribution in [0.5, 0.6) is 0 Å². The Labute approximate surface area is 118 Å². The van der Waals surface area contributed by atoms with Gasteiger partial charge in [-0.05, 0) is 12.3 Å². The van der Waals surface area contributed by atoms with Crippen LogP contribution < -0.4 is 10.5 Å². The molecule has 1 atom stereocenters. The van der Waals surface area contributed by atoms with E-state index in [0.717, 1.165) is 0 Å². The third-order valence-corrected chi connectivity index (χ3v) is 4.56. The van der Waals surface area contributed by atoms with Crippen LogP contribution in [0.15, 0.2) is 0 Å². The van der Waals surface area contributed by atoms with Crippen molar-refractivity contribution in [2.45, 2.75) is 20.3 Å². The fourth-order valence-corrected chi connectivity index (χ4v) is 2.70. The lowest BCUT2D eigenvalue weighted by Crippen LogP contribution is -2.44. The van der Waals surface area contributed by atoms with Crippen LogP contribution in [-0.4, -0.2) is 55.8 Å². The minimum Gasteiger partial charge on any atom is -0.481 e. The van der Waals surface area contributed by atoms with E-state index in [9.17, 15) is 23.1 Å². The first-order chi connectivity index (χ1) is 9.08. The molecule has 0 aromatic carbocycles. The Bertz CT molecular complexity index is 490. The van der Waals surface area contributed by atoms with Crippen molar-refractivity contribution in [3.63, 3.8) is 0 Å². The van der Waals surface area contributed by atoms with Crippen molar-refractivity contribution in [2.24, 2.45) is 16.5 Å². The van der Waals surface area contributed by atoms with Gasteiger partial charge in [0.2, 0.25) is 10.0 Å². The summed E-state index contributed by atoms with van der Waals surface area (Å²) in [7, 11) is -3.62. The van der Waals surface area contributed by atoms with E-state index in [1.165, 1.54) is 4.90 Å². The van der Waals surface area contributed by atoms with Gasteiger partial charge in [-0.25, -0.2) is 18.4 Å². The second kappa shape index (κ2) is 5.96. The van der Waals surface area contributed by atoms with Gasteiger partial charge in [-0.3, -0.25) is 4.79 Å². The van der Waals surface area contributed by atoms with Gasteiger partial charge in [0.1, 0.15) is 0 Å². The lowest BCUT2D eigenvalue weighted by Gasteiger charge is -2.28. The number of hydrogen-bond acceptors (Lipinski definition) is 4. The molecule has 20 heavy (non-hydrogen) atoms. The number of sulfonamides is 1. The topological polar surface area (TPSA) is 130 Å². The van der Waals surface area contributed by atoms with Gasteiger partial charge < -0.3 is 15.3 Å². The number of amides is 2. The number of carboxylic acids is 1. The molecule has 0 aromatic heterocycles. The normalized spacial score (nSPS) is 23.1. The number of carbonyl (C=O) groups is 2. The van der Waals surface area contributed by atoms with E-state index in [1.807, 2.05) is 13.8 Å². The number of nitrogens with zero attached hydrogens (tertiary/aromatic N) is 1. The molecule has 116 valence electrons. The SMILES string of the molecule is CC(C)C1(C(=O)O)CCN(C(=O)NCCS(N)(=O)=O)C1. The maximum Gasteiger partial charge on any atom is 0.317 e. The molecule has 8 nitrogen and oxygen atoms in total. The third-order valence-electron chi connectivity index (χ3n) is 3.78. The Hall–Kier alpha value is -1.35. The number of rotatable bonds is 5. The fraction of sp³-hybridized carbons (Fsp3) is 0.818. The fourth-order valence-electron chi connectivity index (χ4n) is 2.31. The van der Waals surface area contributed by atoms with E-state index in [0.29, 0.717) is 13.0 Å². The molecule has 0 aromatic rings. The third kappa shape index (κ3) is 3.83. The molecule has 1 aliphatic heterocycles. The molecule has 0 aliphatic carbocycles. The number of likely N-dealkylation sites (tertiary alicyclic amines) is 1. The van der Waals surface area contributed by atoms with Gasteiger partial charge in [0.05, 0.1) is 11.2 Å². The molecule has 1 unspecified atom stereocenters. The van der Waals surface area contributed by atoms with Gasteiger partial charge in [-0.2, -0.15) is 0 Å². The van der Waals surface area contributed by atoms with Crippen LogP contribution in [0.3, 0.4) is 0 Å². The van der Waals surface area contributed by atoms with Crippen molar-refractivity contribution in [1.82, 2.24) is 10.2 Å². The number of nitrogens with one attached hydrogen (secondary N) is 1. The van der Waals surface area contributed by atoms with Gasteiger partial charge in [0.15, 0.2) is 0 Å². The van der Waals surface area contributed by atoms with Crippen LogP contribution in [-0.2, 0) is 14.8 Å². The van der Waals surface area contributed by atoms with Crippen LogP contribution in [0.1, 0.15) is 20.3 Å². The zero-order valence-electron chi connectivity index (χ0n) is 11.6. The zero-order valence-corrected chi connectivity index (χ0v) is 12.4. The molecule has 0 radical (unpaired) electrons. The molecule has 1 saturated heterocycles. The summed E-state index contributed by atoms with van der Waals surface area (Å²) in [5.74, 6) is -1.35. The maximum atomic E-state index is 11.9. The molecule has 9 heteroatoms. The smallest absolute Gasteiger partial charge is 0.317 e. The summed E-state index contributed by atoms with van der Waals surface area (Å²) in [6.45, 7) is 4.01. The quantitative estimate of drug-likeness (QED) is 0.625. The van der Waals surface area contributed by atoms with Gasteiger partial charge in [0, 0.05) is 19.6 Å². The number of carboxylic acid groups (broad SMARTS) is 1. The number of aliphatic carboxylic acids is 1. The minimum absolute atomic E-state index is 0.0874. The number of primary sulfonamides is 1. The van der Waals surface area contributed by atoms with Gasteiger partial charge in [-0.15, -0.1) is 0 Å². The Morgan fingerprint density at radius 1 is 1.45 bits per heavy atom. The molecule has 1 heterocycles. The number of urea groups is 1. The van der Waals surface area contributed by atoms with Crippen LogP contribution >= 0.6 is 0 Å². The standard InChI is InChI=1S/C11H21N3O5S/c1-8(2)11(9(15)16)3-5-14(7-11)10(17)13-4-6-20(12,18)19/h8H,3-7H2,1-2H3,(H,13,17)(H,15,16)(H2,12,18,19). The molecule has 0 bridgehead atoms. The molecule has 0 saturated carbocycles. The van der Waals surface area contributed by atoms with Crippen molar-refractivity contribution < 1.29 is 23.1 Å². The first-order valence-electron chi connectivity index (χ1n) is 6.35. The summed E-state index contributed by atoms with van der Waals surface area (Å²) in [5, 5.41) is 16.6. The maximum absolute atomic E-state index is 11.9. The Morgan fingerprint density at radius 2 is 2.05 bits per heavy atom. The van der Waals surface area contributed by atoms with Crippen molar-refractivity contribution in [2.75, 3.05) is 25.4 Å². The average Bonchev–Trinajstić information content (AvgIpc) is 2.73. The van der Waals surface area contributed by atoms with Gasteiger partial charge in [0.25, 0.3) is 0 Å². The molecule has 0 spiro atoms. The number of hydrogen-bond donors (Lipinski definition) is 3. The predicted octanol–water partition coefficient (Wildman–Crippen LogP) is -0.583. The highest BCUT2D eigenvalue weighted by molar-refractivity contribution is 7.89. The largest absolute Gasteiger partial charge is 0.481 e. The first-order valence-corrected chi connectivity index (χ1v) is 8.07. The lowest BCUT2D eigenvalue weighted by atomic mass is 9.76. The highest BCUT2D eigenvalue weighted by atomic mass is 32.2. The summed E-state index contributed by atoms with van der Waals surface area (Å²) in [6, 6.07) is -0.461. The predicted molar refractivity (Wildman–Crippen MR) is 72.5 cm³/mol. The second-order valence-electron chi connectivity index (χ2n) is 5.39. The molecule has 2 amide bonds. The molecular weight excluding hydrogens is 286 g/mol. The van der Waals surface area contributed by atoms with Crippen LogP contribution in [0.25, 0.3) is 0 Å². The van der Waals surface area contributed by atoms with Crippen molar-refractivity contribution in [1.29, 1.82) is 0 Å². The molecule has 1 aliphatic rings. The first kappa shape index (κ1) is 16.7. The lowest BCUT2D eigenvalue weighted by molar-refractivity contribution is -0.150. The molecular formula is C11H21N3O5S. The van der Waals surface area contributed by atoms with Crippen molar-refractivity contribution in [3.05, 3.63) is 0 Å². The number of carbonyl (C=O) groups excluding carboxylic acids is 1. The van der Waals surface area contributed by atoms with E-state index in [1.54, 1.807) is 0 Å². The zero-order chi connectivity index (χ0) is 15.6. The van der Waals surface area contributed by atoms with Crippen LogP contribution in [0.2, 0.25) is 0 Å². The molecule has 1 rings (SSSR count). The average molecular weight is 307 g/mol. The monoisotopic (exact) mass is 307 g/mol. The Balaban J connectivity index is 2.59. The van der Waals surface area contributed by atoms with Crippen molar-refractivity contribution in [3.8, 4) is 0 Å². The van der Waals surface area contributed by atoms with Crippen LogP contribution in [0, 0.1) is 11.3 Å². The summed E-state index contributed by atoms with van der Waals surface area (Å²) in [5.41, 5.74) is -0.933. The highest BCUT2D eigenvalue weighted by Crippen LogP contribution is 2.38. The molecule has 4 N–H and O–H groups in total. The van der Waals surface area contributed by atoms with Crippen molar-refractivity contribution >= 4 is 22.0 Å². The second-order valence-corrected chi connectivity index (χ2v) is 7.12. The number of nitrogens with two attached hydrogens (primary N) is 1. The van der Waals surface area contributed by atoms with E-state index >= 15 is 0 Å². The summed E-state index contributed by atoms with van der Waals surface area (Å²) >= 11 is 0. The van der Waals surface area contributed by atoms with Gasteiger partial charge >= 0.3 is 12.0 Å². The molecule has 1 fully saturated rings. The van der Waals surface area contributed by atoms with Gasteiger partial charge in [-0.1, -0.05) is 13.8 Å². The van der Waals surface area contributed by atoms with Crippen LogP contribution in [0.4, 0.5) is 4.79 Å². The van der Waals surface area contributed by atoms with E-state index in [-0.39, 0.29) is 24.8 Å². The van der Waals surface area contributed by atoms with E-state index < -0.39 is 27.4 Å². The highest BCUT2D eigenvalue weighted by Gasteiger charge is 2.48. The summed E-state index contributed by atoms with van der Waals surface area (Å²) in [4.78, 5) is 24.7. The minimum atomic E-state index is -3.62. The Morgan fingerprint density at radius 3 is 2.45 bits per heavy atom. The summed E-state index contributed by atoms with van der Waals surface area (Å²) < 4.78 is 21.5. The van der Waals surface area contributed by atoms with E-state index in [4.69, 9.17) is 5.14 Å².